The van der Waals surface area contributed by atoms with Crippen LogP contribution in [0.15, 0.2) is 77.4 Å². The molecule has 0 radical (unpaired) electrons. The maximum atomic E-state index is 12.5. The standard InChI is InChI=1S/C21H12Cl2O5S/c22-14-4-7-17(8-5-14)29(25,26)28-16-6-9-18-19(12-16)27-20(21(18)24)11-13-2-1-3-15(23)10-13/h1-12H. The average molecular weight is 447 g/mol. The maximum Gasteiger partial charge on any atom is 0.339 e. The molecule has 0 N–H and O–H groups in total. The lowest BCUT2D eigenvalue weighted by molar-refractivity contribution is 0.101. The van der Waals surface area contributed by atoms with E-state index in [2.05, 4.69) is 0 Å². The van der Waals surface area contributed by atoms with E-state index >= 15 is 0 Å². The van der Waals surface area contributed by atoms with Crippen LogP contribution in [0.3, 0.4) is 0 Å². The number of halogens is 2. The molecular weight excluding hydrogens is 435 g/mol. The van der Waals surface area contributed by atoms with Crippen molar-refractivity contribution in [3.8, 4) is 11.5 Å². The molecule has 0 spiro atoms. The number of ether oxygens (including phenoxy) is 1. The molecule has 8 heteroatoms. The Morgan fingerprint density at radius 2 is 1.66 bits per heavy atom. The van der Waals surface area contributed by atoms with Gasteiger partial charge in [0.15, 0.2) is 5.76 Å². The van der Waals surface area contributed by atoms with Gasteiger partial charge in [0.1, 0.15) is 16.4 Å². The van der Waals surface area contributed by atoms with Crippen molar-refractivity contribution in [3.63, 3.8) is 0 Å². The lowest BCUT2D eigenvalue weighted by atomic mass is 10.1. The van der Waals surface area contributed by atoms with Gasteiger partial charge in [0.2, 0.25) is 5.78 Å². The van der Waals surface area contributed by atoms with Crippen LogP contribution in [0.1, 0.15) is 15.9 Å². The highest BCUT2D eigenvalue weighted by atomic mass is 35.5. The van der Waals surface area contributed by atoms with Crippen LogP contribution in [0, 0.1) is 0 Å². The Hall–Kier alpha value is -2.80. The van der Waals surface area contributed by atoms with Gasteiger partial charge in [0, 0.05) is 16.1 Å². The second-order valence-electron chi connectivity index (χ2n) is 6.14. The minimum Gasteiger partial charge on any atom is -0.452 e. The first kappa shape index (κ1) is 19.5. The quantitative estimate of drug-likeness (QED) is 0.397. The summed E-state index contributed by atoms with van der Waals surface area (Å²) in [5, 5.41) is 0.942. The molecule has 3 aromatic rings. The van der Waals surface area contributed by atoms with Crippen LogP contribution >= 0.6 is 23.2 Å². The summed E-state index contributed by atoms with van der Waals surface area (Å²) in [6, 6.07) is 16.8. The van der Waals surface area contributed by atoms with E-state index in [9.17, 15) is 13.2 Å². The van der Waals surface area contributed by atoms with Gasteiger partial charge in [0.05, 0.1) is 5.56 Å². The lowest BCUT2D eigenvalue weighted by Crippen LogP contribution is -2.09. The Morgan fingerprint density at radius 3 is 2.38 bits per heavy atom. The first-order valence-electron chi connectivity index (χ1n) is 8.36. The molecule has 0 fully saturated rings. The predicted octanol–water partition coefficient (Wildman–Crippen LogP) is 5.38. The van der Waals surface area contributed by atoms with E-state index < -0.39 is 10.1 Å². The summed E-state index contributed by atoms with van der Waals surface area (Å²) in [6.07, 6.45) is 1.57. The van der Waals surface area contributed by atoms with Crippen LogP contribution in [0.5, 0.6) is 11.5 Å². The van der Waals surface area contributed by atoms with Gasteiger partial charge in [0.25, 0.3) is 0 Å². The molecule has 0 amide bonds. The SMILES string of the molecule is O=C1C(=Cc2cccc(Cl)c2)Oc2cc(OS(=O)(=O)c3ccc(Cl)cc3)ccc21. The summed E-state index contributed by atoms with van der Waals surface area (Å²) in [5.74, 6) is 0.0367. The van der Waals surface area contributed by atoms with E-state index in [0.29, 0.717) is 21.2 Å². The van der Waals surface area contributed by atoms with E-state index in [0.717, 1.165) is 0 Å². The highest BCUT2D eigenvalue weighted by Crippen LogP contribution is 2.35. The largest absolute Gasteiger partial charge is 0.452 e. The fourth-order valence-electron chi connectivity index (χ4n) is 2.74. The van der Waals surface area contributed by atoms with Gasteiger partial charge in [-0.1, -0.05) is 35.3 Å². The molecule has 1 aliphatic rings. The normalized spacial score (nSPS) is 14.6. The molecule has 0 saturated carbocycles. The zero-order chi connectivity index (χ0) is 20.6. The molecule has 146 valence electrons. The van der Waals surface area contributed by atoms with Crippen LogP contribution in [0.4, 0.5) is 0 Å². The number of benzene rings is 3. The van der Waals surface area contributed by atoms with Crippen LogP contribution in [0.2, 0.25) is 10.0 Å². The molecule has 5 nitrogen and oxygen atoms in total. The first-order valence-corrected chi connectivity index (χ1v) is 10.5. The number of hydrogen-bond donors (Lipinski definition) is 0. The monoisotopic (exact) mass is 446 g/mol. The van der Waals surface area contributed by atoms with Crippen LogP contribution in [-0.2, 0) is 10.1 Å². The molecule has 0 aliphatic carbocycles. The summed E-state index contributed by atoms with van der Waals surface area (Å²) in [4.78, 5) is 12.5. The summed E-state index contributed by atoms with van der Waals surface area (Å²) in [7, 11) is -4.06. The molecule has 0 saturated heterocycles. The van der Waals surface area contributed by atoms with Crippen molar-refractivity contribution >= 4 is 45.2 Å². The Bertz CT molecular complexity index is 1250. The summed E-state index contributed by atoms with van der Waals surface area (Å²) < 4.78 is 35.6. The Morgan fingerprint density at radius 1 is 0.897 bits per heavy atom. The van der Waals surface area contributed by atoms with E-state index in [-0.39, 0.29) is 27.9 Å². The number of hydrogen-bond acceptors (Lipinski definition) is 5. The topological polar surface area (TPSA) is 69.7 Å². The zero-order valence-electron chi connectivity index (χ0n) is 14.6. The second kappa shape index (κ2) is 7.55. The smallest absolute Gasteiger partial charge is 0.339 e. The van der Waals surface area contributed by atoms with Crippen molar-refractivity contribution in [1.82, 2.24) is 0 Å². The first-order chi connectivity index (χ1) is 13.8. The maximum absolute atomic E-state index is 12.5. The molecule has 0 bridgehead atoms. The highest BCUT2D eigenvalue weighted by Gasteiger charge is 2.28. The third-order valence-corrected chi connectivity index (χ3v) is 5.84. The predicted molar refractivity (Wildman–Crippen MR) is 110 cm³/mol. The van der Waals surface area contributed by atoms with Crippen LogP contribution in [-0.4, -0.2) is 14.2 Å². The van der Waals surface area contributed by atoms with Crippen LogP contribution in [0.25, 0.3) is 6.08 Å². The van der Waals surface area contributed by atoms with Gasteiger partial charge in [-0.05, 0) is 60.2 Å². The van der Waals surface area contributed by atoms with Crippen molar-refractivity contribution < 1.29 is 22.1 Å². The third-order valence-electron chi connectivity index (χ3n) is 4.10. The molecule has 29 heavy (non-hydrogen) atoms. The zero-order valence-corrected chi connectivity index (χ0v) is 17.0. The fourth-order valence-corrected chi connectivity index (χ4v) is 3.99. The summed E-state index contributed by atoms with van der Waals surface area (Å²) in [5.41, 5.74) is 1.02. The van der Waals surface area contributed by atoms with Gasteiger partial charge >= 0.3 is 10.1 Å². The number of fused-ring (bicyclic) bond motifs is 1. The lowest BCUT2D eigenvalue weighted by Gasteiger charge is -2.08. The van der Waals surface area contributed by atoms with Gasteiger partial charge in [-0.25, -0.2) is 0 Å². The minimum absolute atomic E-state index is 0.0236. The number of carbonyl (C=O) groups excluding carboxylic acids is 1. The van der Waals surface area contributed by atoms with Crippen molar-refractivity contribution in [2.45, 2.75) is 4.90 Å². The number of Topliss-reactive ketones (excluding diaryl/α,β-unsaturated/α-hetero) is 1. The molecule has 1 aliphatic heterocycles. The van der Waals surface area contributed by atoms with E-state index in [1.54, 1.807) is 30.3 Å². The minimum atomic E-state index is -4.06. The second-order valence-corrected chi connectivity index (χ2v) is 8.56. The molecule has 0 aromatic heterocycles. The summed E-state index contributed by atoms with van der Waals surface area (Å²) >= 11 is 11.7. The van der Waals surface area contributed by atoms with Gasteiger partial charge in [-0.3, -0.25) is 4.79 Å². The Balaban J connectivity index is 1.60. The molecule has 0 atom stereocenters. The van der Waals surface area contributed by atoms with Crippen molar-refractivity contribution in [2.24, 2.45) is 0 Å². The van der Waals surface area contributed by atoms with E-state index in [1.807, 2.05) is 0 Å². The van der Waals surface area contributed by atoms with Crippen molar-refractivity contribution in [1.29, 1.82) is 0 Å². The Labute approximate surface area is 177 Å². The number of carbonyl (C=O) groups is 1. The molecule has 3 aromatic carbocycles. The number of ketones is 1. The molecule has 4 rings (SSSR count). The number of rotatable bonds is 4. The molecule has 0 unspecified atom stereocenters. The van der Waals surface area contributed by atoms with Crippen molar-refractivity contribution in [2.75, 3.05) is 0 Å². The average Bonchev–Trinajstić information content (AvgIpc) is 2.97. The summed E-state index contributed by atoms with van der Waals surface area (Å²) in [6.45, 7) is 0. The Kier molecular flexibility index (Phi) is 5.08. The fraction of sp³-hybridized carbons (Fsp3) is 0. The number of allylic oxidation sites excluding steroid dienone is 1. The van der Waals surface area contributed by atoms with E-state index in [1.165, 1.54) is 42.5 Å². The molecular formula is C21H12Cl2O5S. The van der Waals surface area contributed by atoms with Crippen molar-refractivity contribution in [3.05, 3.63) is 93.7 Å². The van der Waals surface area contributed by atoms with Gasteiger partial charge in [-0.2, -0.15) is 8.42 Å². The molecule has 1 heterocycles. The van der Waals surface area contributed by atoms with E-state index in [4.69, 9.17) is 32.1 Å². The van der Waals surface area contributed by atoms with Gasteiger partial charge in [-0.15, -0.1) is 0 Å². The van der Waals surface area contributed by atoms with Gasteiger partial charge < -0.3 is 8.92 Å². The highest BCUT2D eigenvalue weighted by molar-refractivity contribution is 7.87. The van der Waals surface area contributed by atoms with Crippen LogP contribution < -0.4 is 8.92 Å². The third kappa shape index (κ3) is 4.15.